The first kappa shape index (κ1) is 14.3. The van der Waals surface area contributed by atoms with Crippen LogP contribution in [0.2, 0.25) is 0 Å². The highest BCUT2D eigenvalue weighted by atomic mass is 32.2. The van der Waals surface area contributed by atoms with Gasteiger partial charge in [0.1, 0.15) is 0 Å². The van der Waals surface area contributed by atoms with Crippen molar-refractivity contribution < 1.29 is 9.53 Å². The van der Waals surface area contributed by atoms with E-state index >= 15 is 0 Å². The molecule has 8 heteroatoms. The van der Waals surface area contributed by atoms with Crippen molar-refractivity contribution in [3.8, 4) is 0 Å². The van der Waals surface area contributed by atoms with Gasteiger partial charge in [0, 0.05) is 27.2 Å². The van der Waals surface area contributed by atoms with Crippen LogP contribution in [0.15, 0.2) is 5.16 Å². The average Bonchev–Trinajstić information content (AvgIpc) is 2.82. The van der Waals surface area contributed by atoms with Crippen LogP contribution in [0.1, 0.15) is 12.8 Å². The second-order valence-electron chi connectivity index (χ2n) is 4.68. The van der Waals surface area contributed by atoms with Crippen LogP contribution in [0.3, 0.4) is 0 Å². The Morgan fingerprint density at radius 3 is 3.11 bits per heavy atom. The zero-order chi connectivity index (χ0) is 13.7. The molecule has 0 bridgehead atoms. The molecule has 1 amide bonds. The van der Waals surface area contributed by atoms with Gasteiger partial charge in [0.2, 0.25) is 11.1 Å². The smallest absolute Gasteiger partial charge is 0.233 e. The molecule has 2 heterocycles. The molecule has 106 valence electrons. The van der Waals surface area contributed by atoms with Gasteiger partial charge < -0.3 is 9.64 Å². The Bertz CT molecular complexity index is 423. The van der Waals surface area contributed by atoms with E-state index in [-0.39, 0.29) is 5.91 Å². The Morgan fingerprint density at radius 2 is 2.42 bits per heavy atom. The third kappa shape index (κ3) is 3.90. The van der Waals surface area contributed by atoms with Gasteiger partial charge in [0.15, 0.2) is 0 Å². The van der Waals surface area contributed by atoms with Crippen LogP contribution in [0.4, 0.5) is 0 Å². The quantitative estimate of drug-likeness (QED) is 0.719. The molecule has 0 radical (unpaired) electrons. The number of piperidine rings is 1. The molecule has 0 aliphatic carbocycles. The van der Waals surface area contributed by atoms with Crippen molar-refractivity contribution in [1.29, 1.82) is 0 Å². The zero-order valence-electron chi connectivity index (χ0n) is 11.3. The van der Waals surface area contributed by atoms with E-state index < -0.39 is 0 Å². The molecule has 0 aromatic carbocycles. The average molecular weight is 285 g/mol. The zero-order valence-corrected chi connectivity index (χ0v) is 12.1. The lowest BCUT2D eigenvalue weighted by Gasteiger charge is -2.32. The van der Waals surface area contributed by atoms with Crippen molar-refractivity contribution in [3.05, 3.63) is 0 Å². The number of aryl methyl sites for hydroxylation is 1. The molecular formula is C11H19N5O2S. The molecule has 1 aliphatic heterocycles. The van der Waals surface area contributed by atoms with Crippen molar-refractivity contribution in [2.75, 3.05) is 32.6 Å². The summed E-state index contributed by atoms with van der Waals surface area (Å²) < 4.78 is 6.74. The van der Waals surface area contributed by atoms with E-state index in [4.69, 9.17) is 4.74 Å². The summed E-state index contributed by atoms with van der Waals surface area (Å²) >= 11 is 1.37. The molecule has 0 saturated carbocycles. The Labute approximate surface area is 116 Å². The number of hydrogen-bond acceptors (Lipinski definition) is 6. The molecule has 2 rings (SSSR count). The predicted octanol–water partition coefficient (Wildman–Crippen LogP) is 0.187. The van der Waals surface area contributed by atoms with Gasteiger partial charge >= 0.3 is 0 Å². The molecule has 19 heavy (non-hydrogen) atoms. The molecular weight excluding hydrogens is 266 g/mol. The minimum Gasteiger partial charge on any atom is -0.384 e. The first-order valence-corrected chi connectivity index (χ1v) is 7.31. The fourth-order valence-corrected chi connectivity index (χ4v) is 2.98. The van der Waals surface area contributed by atoms with Crippen LogP contribution in [-0.2, 0) is 16.6 Å². The number of thioether (sulfide) groups is 1. The van der Waals surface area contributed by atoms with Crippen molar-refractivity contribution in [2.24, 2.45) is 13.0 Å². The van der Waals surface area contributed by atoms with E-state index in [2.05, 4.69) is 15.5 Å². The lowest BCUT2D eigenvalue weighted by molar-refractivity contribution is -0.130. The van der Waals surface area contributed by atoms with Crippen LogP contribution in [-0.4, -0.2) is 63.6 Å². The molecule has 1 fully saturated rings. The van der Waals surface area contributed by atoms with Crippen molar-refractivity contribution >= 4 is 17.7 Å². The van der Waals surface area contributed by atoms with Gasteiger partial charge in [-0.1, -0.05) is 11.8 Å². The number of carbonyl (C=O) groups is 1. The Morgan fingerprint density at radius 1 is 1.58 bits per heavy atom. The van der Waals surface area contributed by atoms with E-state index in [1.165, 1.54) is 11.8 Å². The molecule has 7 nitrogen and oxygen atoms in total. The highest BCUT2D eigenvalue weighted by Gasteiger charge is 2.23. The normalized spacial score (nSPS) is 19.7. The number of hydrogen-bond donors (Lipinski definition) is 0. The third-order valence-electron chi connectivity index (χ3n) is 3.18. The molecule has 1 unspecified atom stereocenters. The fourth-order valence-electron chi connectivity index (χ4n) is 2.22. The molecule has 1 saturated heterocycles. The van der Waals surface area contributed by atoms with Crippen LogP contribution in [0.25, 0.3) is 0 Å². The summed E-state index contributed by atoms with van der Waals surface area (Å²) in [6.45, 7) is 2.37. The minimum absolute atomic E-state index is 0.147. The van der Waals surface area contributed by atoms with Gasteiger partial charge in [-0.2, -0.15) is 0 Å². The maximum Gasteiger partial charge on any atom is 0.233 e. The second-order valence-corrected chi connectivity index (χ2v) is 5.62. The number of nitrogens with zero attached hydrogens (tertiary/aromatic N) is 5. The summed E-state index contributed by atoms with van der Waals surface area (Å²) in [5, 5.41) is 11.8. The summed E-state index contributed by atoms with van der Waals surface area (Å²) in [6, 6.07) is 0. The van der Waals surface area contributed by atoms with Gasteiger partial charge in [-0.3, -0.25) is 4.79 Å². The summed E-state index contributed by atoms with van der Waals surface area (Å²) in [5.74, 6) is 0.992. The summed E-state index contributed by atoms with van der Waals surface area (Å²) in [5.41, 5.74) is 0. The van der Waals surface area contributed by atoms with Gasteiger partial charge in [-0.15, -0.1) is 5.10 Å². The van der Waals surface area contributed by atoms with E-state index in [0.717, 1.165) is 32.5 Å². The van der Waals surface area contributed by atoms with Gasteiger partial charge in [0.25, 0.3) is 0 Å². The number of tetrazole rings is 1. The predicted molar refractivity (Wildman–Crippen MR) is 70.7 cm³/mol. The van der Waals surface area contributed by atoms with Gasteiger partial charge in [-0.25, -0.2) is 4.68 Å². The number of ether oxygens (including phenoxy) is 1. The topological polar surface area (TPSA) is 73.1 Å². The Balaban J connectivity index is 1.81. The highest BCUT2D eigenvalue weighted by molar-refractivity contribution is 7.99. The SMILES string of the molecule is COCC1CCCN(C(=O)CSc2nnnn2C)C1. The monoisotopic (exact) mass is 285 g/mol. The van der Waals surface area contributed by atoms with Crippen molar-refractivity contribution in [2.45, 2.75) is 18.0 Å². The molecule has 1 atom stereocenters. The molecule has 1 aromatic rings. The molecule has 1 aromatic heterocycles. The lowest BCUT2D eigenvalue weighted by atomic mass is 9.99. The van der Waals surface area contributed by atoms with Gasteiger partial charge in [0.05, 0.1) is 12.4 Å². The molecule has 0 N–H and O–H groups in total. The first-order chi connectivity index (χ1) is 9.20. The number of aromatic nitrogens is 4. The molecule has 1 aliphatic rings. The third-order valence-corrected chi connectivity index (χ3v) is 4.18. The van der Waals surface area contributed by atoms with Crippen LogP contribution in [0, 0.1) is 5.92 Å². The van der Waals surface area contributed by atoms with Crippen LogP contribution in [0.5, 0.6) is 0 Å². The lowest BCUT2D eigenvalue weighted by Crippen LogP contribution is -2.42. The minimum atomic E-state index is 0.147. The number of amides is 1. The highest BCUT2D eigenvalue weighted by Crippen LogP contribution is 2.19. The van der Waals surface area contributed by atoms with E-state index in [1.807, 2.05) is 4.90 Å². The maximum atomic E-state index is 12.1. The Kier molecular flexibility index (Phi) is 5.15. The first-order valence-electron chi connectivity index (χ1n) is 6.32. The number of methoxy groups -OCH3 is 1. The Hall–Kier alpha value is -1.15. The number of rotatable bonds is 5. The van der Waals surface area contributed by atoms with Crippen LogP contribution >= 0.6 is 11.8 Å². The van der Waals surface area contributed by atoms with Gasteiger partial charge in [-0.05, 0) is 29.2 Å². The fraction of sp³-hybridized carbons (Fsp3) is 0.818. The van der Waals surface area contributed by atoms with E-state index in [9.17, 15) is 4.79 Å². The largest absolute Gasteiger partial charge is 0.384 e. The number of likely N-dealkylation sites (tertiary alicyclic amines) is 1. The van der Waals surface area contributed by atoms with Crippen molar-refractivity contribution in [3.63, 3.8) is 0 Å². The second kappa shape index (κ2) is 6.85. The van der Waals surface area contributed by atoms with E-state index in [1.54, 1.807) is 18.8 Å². The summed E-state index contributed by atoms with van der Waals surface area (Å²) in [7, 11) is 3.47. The van der Waals surface area contributed by atoms with E-state index in [0.29, 0.717) is 16.8 Å². The summed E-state index contributed by atoms with van der Waals surface area (Å²) in [4.78, 5) is 14.1. The summed E-state index contributed by atoms with van der Waals surface area (Å²) in [6.07, 6.45) is 2.19. The van der Waals surface area contributed by atoms with Crippen LogP contribution < -0.4 is 0 Å². The molecule has 0 spiro atoms. The number of carbonyl (C=O) groups excluding carboxylic acids is 1. The standard InChI is InChI=1S/C11H19N5O2S/c1-15-11(12-13-14-15)19-8-10(17)16-5-3-4-9(6-16)7-18-2/h9H,3-8H2,1-2H3. The maximum absolute atomic E-state index is 12.1. The van der Waals surface area contributed by atoms with Crippen molar-refractivity contribution in [1.82, 2.24) is 25.1 Å².